The first-order valence-electron chi connectivity index (χ1n) is 8.82. The van der Waals surface area contributed by atoms with E-state index in [1.165, 1.54) is 30.2 Å². The summed E-state index contributed by atoms with van der Waals surface area (Å²) in [7, 11) is 3.01. The van der Waals surface area contributed by atoms with E-state index in [1.54, 1.807) is 7.11 Å². The predicted octanol–water partition coefficient (Wildman–Crippen LogP) is 4.32. The monoisotopic (exact) mass is 418 g/mol. The molecule has 0 aliphatic carbocycles. The summed E-state index contributed by atoms with van der Waals surface area (Å²) < 4.78 is 10.2. The van der Waals surface area contributed by atoms with Crippen LogP contribution in [-0.4, -0.2) is 35.9 Å². The van der Waals surface area contributed by atoms with Crippen molar-refractivity contribution in [3.63, 3.8) is 0 Å². The molecule has 0 fully saturated rings. The Labute approximate surface area is 171 Å². The zero-order chi connectivity index (χ0) is 20.3. The number of H-pyrrole nitrogens is 1. The molecular formula is C20H22N2O4S2. The third-order valence-electron chi connectivity index (χ3n) is 4.33. The molecule has 0 saturated heterocycles. The lowest BCUT2D eigenvalue weighted by Crippen LogP contribution is -2.09. The molecule has 0 spiro atoms. The van der Waals surface area contributed by atoms with Crippen molar-refractivity contribution in [2.75, 3.05) is 20.0 Å². The summed E-state index contributed by atoms with van der Waals surface area (Å²) in [6.07, 6.45) is 1.01. The maximum Gasteiger partial charge on any atom is 0.305 e. The Hall–Kier alpha value is -2.32. The number of thiophene rings is 1. The van der Waals surface area contributed by atoms with Gasteiger partial charge in [0.1, 0.15) is 10.6 Å². The molecule has 2 aromatic heterocycles. The summed E-state index contributed by atoms with van der Waals surface area (Å²) in [5, 5.41) is 1.15. The van der Waals surface area contributed by atoms with Gasteiger partial charge in [0, 0.05) is 28.2 Å². The molecule has 1 aromatic carbocycles. The fourth-order valence-corrected chi connectivity index (χ4v) is 4.89. The molecule has 0 unspecified atom stereocenters. The van der Waals surface area contributed by atoms with Gasteiger partial charge in [0.2, 0.25) is 0 Å². The molecule has 6 nitrogen and oxygen atoms in total. The van der Waals surface area contributed by atoms with Crippen molar-refractivity contribution < 1.29 is 14.3 Å². The second kappa shape index (κ2) is 8.79. The predicted molar refractivity (Wildman–Crippen MR) is 114 cm³/mol. The van der Waals surface area contributed by atoms with Gasteiger partial charge in [-0.3, -0.25) is 9.59 Å². The smallest absolute Gasteiger partial charge is 0.305 e. The van der Waals surface area contributed by atoms with Gasteiger partial charge in [-0.05, 0) is 32.4 Å². The normalized spacial score (nSPS) is 11.0. The Balaban J connectivity index is 1.96. The van der Waals surface area contributed by atoms with E-state index in [-0.39, 0.29) is 11.5 Å². The number of thioether (sulfide) groups is 1. The number of hydrogen-bond acceptors (Lipinski definition) is 7. The standard InChI is InChI=1S/C20H22N2O4S2/c1-11-7-8-14(25-3)13(10-11)16-12(2)28-19-17(16)18(24)21-20(22-19)27-9-5-6-15(23)26-4/h7-8,10H,5-6,9H2,1-4H3,(H,21,22,24). The van der Waals surface area contributed by atoms with E-state index in [4.69, 9.17) is 4.74 Å². The van der Waals surface area contributed by atoms with Crippen LogP contribution in [-0.2, 0) is 9.53 Å². The molecule has 0 radical (unpaired) electrons. The number of fused-ring (bicyclic) bond motifs is 1. The van der Waals surface area contributed by atoms with Gasteiger partial charge < -0.3 is 14.5 Å². The van der Waals surface area contributed by atoms with E-state index in [0.717, 1.165) is 27.3 Å². The van der Waals surface area contributed by atoms with Gasteiger partial charge in [-0.25, -0.2) is 4.98 Å². The molecule has 8 heteroatoms. The van der Waals surface area contributed by atoms with Gasteiger partial charge in [0.15, 0.2) is 5.16 Å². The number of nitrogens with one attached hydrogen (secondary N) is 1. The minimum Gasteiger partial charge on any atom is -0.496 e. The Bertz CT molecular complexity index is 1070. The molecule has 2 heterocycles. The fourth-order valence-electron chi connectivity index (χ4n) is 3.00. The summed E-state index contributed by atoms with van der Waals surface area (Å²) in [4.78, 5) is 33.3. The Morgan fingerprint density at radius 2 is 2.07 bits per heavy atom. The number of esters is 1. The maximum atomic E-state index is 12.9. The molecule has 3 aromatic rings. The van der Waals surface area contributed by atoms with Crippen molar-refractivity contribution in [2.45, 2.75) is 31.8 Å². The Morgan fingerprint density at radius 3 is 2.79 bits per heavy atom. The number of carbonyl (C=O) groups excluding carboxylic acids is 1. The third kappa shape index (κ3) is 4.23. The van der Waals surface area contributed by atoms with Crippen LogP contribution in [0.15, 0.2) is 28.2 Å². The van der Waals surface area contributed by atoms with Crippen LogP contribution >= 0.6 is 23.1 Å². The molecular weight excluding hydrogens is 396 g/mol. The summed E-state index contributed by atoms with van der Waals surface area (Å²) >= 11 is 2.93. The number of ether oxygens (including phenoxy) is 2. The van der Waals surface area contributed by atoms with Crippen molar-refractivity contribution in [1.29, 1.82) is 0 Å². The second-order valence-corrected chi connectivity index (χ2v) is 8.60. The number of rotatable bonds is 7. The van der Waals surface area contributed by atoms with E-state index in [1.807, 2.05) is 32.0 Å². The number of nitrogens with zero attached hydrogens (tertiary/aromatic N) is 1. The lowest BCUT2D eigenvalue weighted by atomic mass is 10.0. The minimum atomic E-state index is -0.233. The fraction of sp³-hybridized carbons (Fsp3) is 0.350. The highest BCUT2D eigenvalue weighted by atomic mass is 32.2. The van der Waals surface area contributed by atoms with Crippen LogP contribution in [0.25, 0.3) is 21.3 Å². The Kier molecular flexibility index (Phi) is 6.41. The number of hydrogen-bond donors (Lipinski definition) is 1. The van der Waals surface area contributed by atoms with Gasteiger partial charge in [0.25, 0.3) is 5.56 Å². The molecule has 0 atom stereocenters. The average molecular weight is 419 g/mol. The number of aromatic amines is 1. The van der Waals surface area contributed by atoms with E-state index in [0.29, 0.717) is 34.0 Å². The quantitative estimate of drug-likeness (QED) is 0.266. The molecule has 148 valence electrons. The van der Waals surface area contributed by atoms with Gasteiger partial charge in [-0.2, -0.15) is 0 Å². The lowest BCUT2D eigenvalue weighted by molar-refractivity contribution is -0.140. The zero-order valence-corrected chi connectivity index (χ0v) is 17.9. The minimum absolute atomic E-state index is 0.164. The van der Waals surface area contributed by atoms with E-state index in [2.05, 4.69) is 14.7 Å². The third-order valence-corrected chi connectivity index (χ3v) is 6.29. The molecule has 3 rings (SSSR count). The first kappa shape index (κ1) is 20.4. The van der Waals surface area contributed by atoms with Crippen molar-refractivity contribution in [3.05, 3.63) is 39.0 Å². The van der Waals surface area contributed by atoms with Crippen molar-refractivity contribution >= 4 is 39.3 Å². The van der Waals surface area contributed by atoms with Gasteiger partial charge in [0.05, 0.1) is 19.6 Å². The van der Waals surface area contributed by atoms with Crippen molar-refractivity contribution in [2.24, 2.45) is 0 Å². The first-order valence-corrected chi connectivity index (χ1v) is 10.6. The van der Waals surface area contributed by atoms with Crippen LogP contribution in [0.5, 0.6) is 5.75 Å². The molecule has 0 amide bonds. The Morgan fingerprint density at radius 1 is 1.29 bits per heavy atom. The highest BCUT2D eigenvalue weighted by molar-refractivity contribution is 7.99. The highest BCUT2D eigenvalue weighted by Gasteiger charge is 2.19. The SMILES string of the molecule is COC(=O)CCCSc1nc2sc(C)c(-c3cc(C)ccc3OC)c2c(=O)[nH]1. The lowest BCUT2D eigenvalue weighted by Gasteiger charge is -2.10. The zero-order valence-electron chi connectivity index (χ0n) is 16.3. The largest absolute Gasteiger partial charge is 0.496 e. The number of aromatic nitrogens is 2. The number of carbonyl (C=O) groups is 1. The molecule has 1 N–H and O–H groups in total. The maximum absolute atomic E-state index is 12.9. The first-order chi connectivity index (χ1) is 13.4. The summed E-state index contributed by atoms with van der Waals surface area (Å²) in [6, 6.07) is 5.93. The number of benzene rings is 1. The highest BCUT2D eigenvalue weighted by Crippen LogP contribution is 2.40. The molecule has 0 saturated carbocycles. The summed E-state index contributed by atoms with van der Waals surface area (Å²) in [5.41, 5.74) is 2.70. The van der Waals surface area contributed by atoms with Crippen LogP contribution in [0.2, 0.25) is 0 Å². The summed E-state index contributed by atoms with van der Waals surface area (Å²) in [5.74, 6) is 1.17. The topological polar surface area (TPSA) is 81.3 Å². The molecule has 28 heavy (non-hydrogen) atoms. The number of aryl methyl sites for hydroxylation is 2. The molecule has 0 bridgehead atoms. The van der Waals surface area contributed by atoms with E-state index < -0.39 is 0 Å². The van der Waals surface area contributed by atoms with Gasteiger partial charge >= 0.3 is 5.97 Å². The van der Waals surface area contributed by atoms with Gasteiger partial charge in [-0.15, -0.1) is 11.3 Å². The number of methoxy groups -OCH3 is 2. The van der Waals surface area contributed by atoms with Gasteiger partial charge in [-0.1, -0.05) is 23.4 Å². The van der Waals surface area contributed by atoms with Crippen LogP contribution in [0.4, 0.5) is 0 Å². The van der Waals surface area contributed by atoms with Crippen molar-refractivity contribution in [1.82, 2.24) is 9.97 Å². The van der Waals surface area contributed by atoms with E-state index >= 15 is 0 Å². The van der Waals surface area contributed by atoms with Crippen molar-refractivity contribution in [3.8, 4) is 16.9 Å². The van der Waals surface area contributed by atoms with Crippen LogP contribution in [0.1, 0.15) is 23.3 Å². The second-order valence-electron chi connectivity index (χ2n) is 6.32. The van der Waals surface area contributed by atoms with E-state index in [9.17, 15) is 9.59 Å². The van der Waals surface area contributed by atoms with Crippen LogP contribution < -0.4 is 10.3 Å². The summed E-state index contributed by atoms with van der Waals surface area (Å²) in [6.45, 7) is 4.00. The molecule has 0 aliphatic heterocycles. The average Bonchev–Trinajstić information content (AvgIpc) is 3.01. The van der Waals surface area contributed by atoms with Crippen LogP contribution in [0.3, 0.4) is 0 Å². The van der Waals surface area contributed by atoms with Crippen LogP contribution in [0, 0.1) is 13.8 Å². The molecule has 0 aliphatic rings.